The fraction of sp³-hybridized carbons (Fsp3) is 0.308. The van der Waals surface area contributed by atoms with Gasteiger partial charge in [0.25, 0.3) is 0 Å². The van der Waals surface area contributed by atoms with Gasteiger partial charge in [-0.1, -0.05) is 55.5 Å². The molecule has 1 aromatic heterocycles. The molecule has 0 amide bonds. The van der Waals surface area contributed by atoms with Crippen LogP contribution in [0.5, 0.6) is 5.75 Å². The first-order valence-corrected chi connectivity index (χ1v) is 11.1. The summed E-state index contributed by atoms with van der Waals surface area (Å²) in [6.45, 7) is 5.95. The molecular weight excluding hydrogens is 402 g/mol. The second-order valence-electron chi connectivity index (χ2n) is 8.01. The van der Waals surface area contributed by atoms with E-state index in [2.05, 4.69) is 39.9 Å². The van der Waals surface area contributed by atoms with Crippen molar-refractivity contribution in [2.75, 3.05) is 24.5 Å². The number of rotatable bonds is 9. The second kappa shape index (κ2) is 10.3. The molecule has 0 aliphatic carbocycles. The number of carbonyl (C=O) groups is 1. The van der Waals surface area contributed by atoms with Gasteiger partial charge < -0.3 is 14.7 Å². The third-order valence-corrected chi connectivity index (χ3v) is 5.99. The summed E-state index contributed by atoms with van der Waals surface area (Å²) < 4.78 is 6.15. The molecule has 0 radical (unpaired) electrons. The fourth-order valence-corrected chi connectivity index (χ4v) is 4.28. The highest BCUT2D eigenvalue weighted by molar-refractivity contribution is 5.93. The zero-order valence-electron chi connectivity index (χ0n) is 18.4. The summed E-state index contributed by atoms with van der Waals surface area (Å²) in [5.41, 5.74) is 2.56. The van der Waals surface area contributed by atoms with Gasteiger partial charge >= 0.3 is 5.97 Å². The maximum atomic E-state index is 11.6. The Balaban J connectivity index is 1.44. The smallest absolute Gasteiger partial charge is 0.339 e. The van der Waals surface area contributed by atoms with Crippen molar-refractivity contribution < 1.29 is 14.6 Å². The maximum absolute atomic E-state index is 11.6. The summed E-state index contributed by atoms with van der Waals surface area (Å²) in [6.07, 6.45) is 2.63. The third-order valence-electron chi connectivity index (χ3n) is 5.99. The number of ether oxygens (including phenoxy) is 1. The van der Waals surface area contributed by atoms with E-state index >= 15 is 0 Å². The molecule has 4 rings (SSSR count). The minimum Gasteiger partial charge on any atom is -0.489 e. The van der Waals surface area contributed by atoms with Crippen molar-refractivity contribution in [1.82, 2.24) is 9.88 Å². The Morgan fingerprint density at radius 1 is 1.12 bits per heavy atom. The molecule has 1 aliphatic rings. The average Bonchev–Trinajstić information content (AvgIpc) is 3.32. The van der Waals surface area contributed by atoms with Gasteiger partial charge in [0, 0.05) is 37.4 Å². The lowest BCUT2D eigenvalue weighted by Gasteiger charge is -2.29. The average molecular weight is 432 g/mol. The second-order valence-corrected chi connectivity index (χ2v) is 8.01. The largest absolute Gasteiger partial charge is 0.489 e. The van der Waals surface area contributed by atoms with Crippen LogP contribution in [0.2, 0.25) is 0 Å². The molecule has 3 aromatic rings. The lowest BCUT2D eigenvalue weighted by molar-refractivity contribution is 0.0697. The number of carboxylic acids is 1. The Labute approximate surface area is 189 Å². The molecule has 32 heavy (non-hydrogen) atoms. The Morgan fingerprint density at radius 2 is 1.91 bits per heavy atom. The molecule has 6 heteroatoms. The standard InChI is InChI=1S/C26H29N3O3/c1-2-28(22-14-16-29(18-22)25-23(26(30)31)12-8-15-27-25)17-21-11-6-7-13-24(21)32-19-20-9-4-3-5-10-20/h3-13,15,22H,2,14,16-19H2,1H3,(H,30,31)/t22-/m1/s1. The van der Waals surface area contributed by atoms with Crippen molar-refractivity contribution in [3.63, 3.8) is 0 Å². The first-order valence-electron chi connectivity index (χ1n) is 11.1. The minimum absolute atomic E-state index is 0.260. The first-order chi connectivity index (χ1) is 15.7. The highest BCUT2D eigenvalue weighted by Crippen LogP contribution is 2.27. The van der Waals surface area contributed by atoms with Gasteiger partial charge in [-0.2, -0.15) is 0 Å². The Morgan fingerprint density at radius 3 is 2.69 bits per heavy atom. The summed E-state index contributed by atoms with van der Waals surface area (Å²) in [5.74, 6) is 0.529. The molecule has 0 spiro atoms. The van der Waals surface area contributed by atoms with Crippen LogP contribution in [-0.4, -0.2) is 46.6 Å². The van der Waals surface area contributed by atoms with Gasteiger partial charge in [0.1, 0.15) is 23.7 Å². The maximum Gasteiger partial charge on any atom is 0.339 e. The van der Waals surface area contributed by atoms with Crippen LogP contribution >= 0.6 is 0 Å². The summed E-state index contributed by atoms with van der Waals surface area (Å²) in [5, 5.41) is 9.51. The molecular formula is C26H29N3O3. The van der Waals surface area contributed by atoms with Crippen LogP contribution in [0.25, 0.3) is 0 Å². The highest BCUT2D eigenvalue weighted by Gasteiger charge is 2.30. The van der Waals surface area contributed by atoms with Crippen molar-refractivity contribution in [2.45, 2.75) is 32.5 Å². The van der Waals surface area contributed by atoms with Crippen LogP contribution < -0.4 is 9.64 Å². The van der Waals surface area contributed by atoms with Crippen LogP contribution in [0.3, 0.4) is 0 Å². The van der Waals surface area contributed by atoms with Crippen LogP contribution in [0.4, 0.5) is 5.82 Å². The predicted molar refractivity (Wildman–Crippen MR) is 125 cm³/mol. The van der Waals surface area contributed by atoms with E-state index < -0.39 is 5.97 Å². The fourth-order valence-electron chi connectivity index (χ4n) is 4.28. The number of pyridine rings is 1. The molecule has 1 N–H and O–H groups in total. The monoisotopic (exact) mass is 431 g/mol. The number of carboxylic acid groups (broad SMARTS) is 1. The molecule has 0 unspecified atom stereocenters. The molecule has 0 bridgehead atoms. The van der Waals surface area contributed by atoms with Gasteiger partial charge in [-0.3, -0.25) is 4.90 Å². The molecule has 1 aliphatic heterocycles. The van der Waals surface area contributed by atoms with E-state index in [-0.39, 0.29) is 5.56 Å². The number of likely N-dealkylation sites (N-methyl/N-ethyl adjacent to an activating group) is 1. The lowest BCUT2D eigenvalue weighted by Crippen LogP contribution is -2.37. The van der Waals surface area contributed by atoms with E-state index in [0.717, 1.165) is 49.5 Å². The summed E-state index contributed by atoms with van der Waals surface area (Å²) in [6, 6.07) is 22.0. The minimum atomic E-state index is -0.937. The molecule has 1 atom stereocenters. The van der Waals surface area contributed by atoms with Gasteiger partial charge in [-0.15, -0.1) is 0 Å². The lowest BCUT2D eigenvalue weighted by atomic mass is 10.1. The summed E-state index contributed by atoms with van der Waals surface area (Å²) >= 11 is 0. The van der Waals surface area contributed by atoms with E-state index in [0.29, 0.717) is 18.5 Å². The number of anilines is 1. The van der Waals surface area contributed by atoms with Crippen molar-refractivity contribution in [3.8, 4) is 5.75 Å². The number of para-hydroxylation sites is 1. The zero-order chi connectivity index (χ0) is 22.3. The predicted octanol–water partition coefficient (Wildman–Crippen LogP) is 4.46. The highest BCUT2D eigenvalue weighted by atomic mass is 16.5. The van der Waals surface area contributed by atoms with Crippen LogP contribution in [0.15, 0.2) is 72.9 Å². The van der Waals surface area contributed by atoms with Crippen LogP contribution in [-0.2, 0) is 13.2 Å². The van der Waals surface area contributed by atoms with Gasteiger partial charge in [-0.05, 0) is 36.7 Å². The topological polar surface area (TPSA) is 65.9 Å². The molecule has 0 saturated carbocycles. The number of benzene rings is 2. The molecule has 6 nitrogen and oxygen atoms in total. The zero-order valence-corrected chi connectivity index (χ0v) is 18.4. The van der Waals surface area contributed by atoms with Gasteiger partial charge in [0.15, 0.2) is 0 Å². The van der Waals surface area contributed by atoms with E-state index in [1.165, 1.54) is 0 Å². The Bertz CT molecular complexity index is 1040. The Kier molecular flexibility index (Phi) is 7.02. The van der Waals surface area contributed by atoms with Crippen molar-refractivity contribution in [1.29, 1.82) is 0 Å². The molecule has 166 valence electrons. The van der Waals surface area contributed by atoms with E-state index in [1.54, 1.807) is 18.3 Å². The molecule has 2 heterocycles. The molecule has 1 saturated heterocycles. The number of aromatic carboxylic acids is 1. The van der Waals surface area contributed by atoms with E-state index in [4.69, 9.17) is 4.74 Å². The van der Waals surface area contributed by atoms with E-state index in [9.17, 15) is 9.90 Å². The summed E-state index contributed by atoms with van der Waals surface area (Å²) in [7, 11) is 0. The number of hydrogen-bond acceptors (Lipinski definition) is 5. The number of hydrogen-bond donors (Lipinski definition) is 1. The van der Waals surface area contributed by atoms with Crippen molar-refractivity contribution in [3.05, 3.63) is 89.6 Å². The van der Waals surface area contributed by atoms with Crippen LogP contribution in [0.1, 0.15) is 34.8 Å². The molecule has 1 fully saturated rings. The van der Waals surface area contributed by atoms with Crippen molar-refractivity contribution >= 4 is 11.8 Å². The third kappa shape index (κ3) is 5.08. The number of nitrogens with zero attached hydrogens (tertiary/aromatic N) is 3. The molecule has 2 aromatic carbocycles. The quantitative estimate of drug-likeness (QED) is 0.540. The van der Waals surface area contributed by atoms with Crippen LogP contribution in [0, 0.1) is 0 Å². The van der Waals surface area contributed by atoms with Gasteiger partial charge in [0.05, 0.1) is 0 Å². The summed E-state index contributed by atoms with van der Waals surface area (Å²) in [4.78, 5) is 20.5. The normalized spacial score (nSPS) is 15.8. The van der Waals surface area contributed by atoms with Crippen molar-refractivity contribution in [2.24, 2.45) is 0 Å². The Hall–Kier alpha value is -3.38. The van der Waals surface area contributed by atoms with E-state index in [1.807, 2.05) is 36.4 Å². The van der Waals surface area contributed by atoms with Gasteiger partial charge in [-0.25, -0.2) is 9.78 Å². The SMILES string of the molecule is CCN(Cc1ccccc1OCc1ccccc1)[C@@H]1CCN(c2ncccc2C(=O)O)C1. The first kappa shape index (κ1) is 21.8. The van der Waals surface area contributed by atoms with Gasteiger partial charge in [0.2, 0.25) is 0 Å². The number of aromatic nitrogens is 1.